The van der Waals surface area contributed by atoms with Crippen LogP contribution in [0.25, 0.3) is 0 Å². The van der Waals surface area contributed by atoms with Gasteiger partial charge in [0.15, 0.2) is 0 Å². The summed E-state index contributed by atoms with van der Waals surface area (Å²) >= 11 is 0. The number of ether oxygens (including phenoxy) is 1. The highest BCUT2D eigenvalue weighted by atomic mass is 16.5. The van der Waals surface area contributed by atoms with Gasteiger partial charge < -0.3 is 9.64 Å². The summed E-state index contributed by atoms with van der Waals surface area (Å²) in [4.78, 5) is 29.8. The second kappa shape index (κ2) is 9.14. The van der Waals surface area contributed by atoms with Gasteiger partial charge in [0.1, 0.15) is 11.5 Å². The second-order valence-corrected chi connectivity index (χ2v) is 11.0. The van der Waals surface area contributed by atoms with Gasteiger partial charge in [0.2, 0.25) is 5.91 Å². The van der Waals surface area contributed by atoms with E-state index in [0.717, 1.165) is 35.2 Å². The first-order valence-corrected chi connectivity index (χ1v) is 12.9. The zero-order valence-electron chi connectivity index (χ0n) is 21.0. The Balaban J connectivity index is 1.50. The minimum Gasteiger partial charge on any atom is -0.459 e. The largest absolute Gasteiger partial charge is 0.459 e. The maximum Gasteiger partial charge on any atom is 0.335 e. The Hall–Kier alpha value is -3.14. The highest BCUT2D eigenvalue weighted by Crippen LogP contribution is 2.54. The van der Waals surface area contributed by atoms with Crippen molar-refractivity contribution < 1.29 is 14.3 Å². The fraction of sp³-hybridized carbons (Fsp3) is 0.419. The van der Waals surface area contributed by atoms with Crippen LogP contribution in [0.15, 0.2) is 78.4 Å². The van der Waals surface area contributed by atoms with Crippen LogP contribution in [0.2, 0.25) is 0 Å². The average Bonchev–Trinajstić information content (AvgIpc) is 3.30. The number of fused-ring (bicyclic) bond motifs is 2. The van der Waals surface area contributed by atoms with Gasteiger partial charge in [-0.1, -0.05) is 87.9 Å². The highest BCUT2D eigenvalue weighted by Gasteiger charge is 2.58. The summed E-state index contributed by atoms with van der Waals surface area (Å²) in [6, 6.07) is 17.8. The van der Waals surface area contributed by atoms with Crippen molar-refractivity contribution in [3.63, 3.8) is 0 Å². The Labute approximate surface area is 208 Å². The van der Waals surface area contributed by atoms with Gasteiger partial charge in [-0.05, 0) is 60.3 Å². The molecule has 0 saturated heterocycles. The van der Waals surface area contributed by atoms with Crippen molar-refractivity contribution >= 4 is 17.6 Å². The number of nitrogens with zero attached hydrogens (tertiary/aromatic N) is 1. The Bertz CT molecular complexity index is 1180. The highest BCUT2D eigenvalue weighted by molar-refractivity contribution is 6.16. The van der Waals surface area contributed by atoms with E-state index in [1.54, 1.807) is 6.08 Å². The molecule has 0 aromatic heterocycles. The molecule has 3 aliphatic rings. The summed E-state index contributed by atoms with van der Waals surface area (Å²) < 4.78 is 6.25. The predicted molar refractivity (Wildman–Crippen MR) is 139 cm³/mol. The van der Waals surface area contributed by atoms with Crippen molar-refractivity contribution in [3.8, 4) is 0 Å². The predicted octanol–water partition coefficient (Wildman–Crippen LogP) is 6.36. The van der Waals surface area contributed by atoms with Crippen LogP contribution in [-0.2, 0) is 26.3 Å². The molecule has 2 aromatic carbocycles. The van der Waals surface area contributed by atoms with Gasteiger partial charge >= 0.3 is 5.97 Å². The number of para-hydroxylation sites is 1. The average molecular weight is 470 g/mol. The molecule has 1 unspecified atom stereocenters. The molecule has 1 spiro atoms. The fourth-order valence-electron chi connectivity index (χ4n) is 6.38. The lowest BCUT2D eigenvalue weighted by Gasteiger charge is -2.37. The molecular weight excluding hydrogens is 434 g/mol. The van der Waals surface area contributed by atoms with Crippen molar-refractivity contribution in [2.24, 2.45) is 17.8 Å². The summed E-state index contributed by atoms with van der Waals surface area (Å²) in [6.45, 7) is 11.3. The van der Waals surface area contributed by atoms with E-state index in [-0.39, 0.29) is 18.0 Å². The summed E-state index contributed by atoms with van der Waals surface area (Å²) in [5, 5.41) is 0. The Morgan fingerprint density at radius 2 is 1.83 bits per heavy atom. The molecule has 2 aromatic rings. The number of hydrogen-bond donors (Lipinski definition) is 0. The van der Waals surface area contributed by atoms with Crippen LogP contribution in [0, 0.1) is 17.8 Å². The third-order valence-electron chi connectivity index (χ3n) is 8.19. The fourth-order valence-corrected chi connectivity index (χ4v) is 6.38. The third-order valence-corrected chi connectivity index (χ3v) is 8.19. The number of allylic oxidation sites excluding steroid dienone is 2. The SMILES string of the molecule is C=C1C=C(C(=O)O[C@@H]2C[C@H](C)CC[C@H]2C(C)C)C2(C1)C(=O)N(Cc1ccccc1)c1ccccc12. The lowest BCUT2D eigenvalue weighted by Crippen LogP contribution is -2.43. The molecule has 1 amide bonds. The van der Waals surface area contributed by atoms with Gasteiger partial charge in [-0.2, -0.15) is 0 Å². The normalized spacial score (nSPS) is 27.9. The molecule has 4 atom stereocenters. The summed E-state index contributed by atoms with van der Waals surface area (Å²) in [5.74, 6) is 0.883. The molecule has 0 radical (unpaired) electrons. The van der Waals surface area contributed by atoms with Gasteiger partial charge in [0.25, 0.3) is 0 Å². The maximum atomic E-state index is 14.2. The van der Waals surface area contributed by atoms with Crippen molar-refractivity contribution in [1.29, 1.82) is 0 Å². The first-order valence-electron chi connectivity index (χ1n) is 12.9. The molecule has 182 valence electrons. The number of anilines is 1. The van der Waals surface area contributed by atoms with Crippen molar-refractivity contribution in [3.05, 3.63) is 89.5 Å². The number of esters is 1. The minimum atomic E-state index is -1.06. The standard InChI is InChI=1S/C31H35NO3/c1-20(2)24-15-14-21(3)17-28(24)35-29(33)26-16-22(4)18-31(26)25-12-8-9-13-27(25)32(30(31)34)19-23-10-6-5-7-11-23/h5-13,16,20-21,24,28H,4,14-15,17-19H2,1-3H3/t21-,24+,28-,31?/m1/s1. The first kappa shape index (κ1) is 23.6. The van der Waals surface area contributed by atoms with Crippen molar-refractivity contribution in [1.82, 2.24) is 0 Å². The quantitative estimate of drug-likeness (QED) is 0.479. The molecule has 4 heteroatoms. The smallest absolute Gasteiger partial charge is 0.335 e. The van der Waals surface area contributed by atoms with Crippen molar-refractivity contribution in [2.75, 3.05) is 4.90 Å². The third kappa shape index (κ3) is 4.03. The molecule has 1 aliphatic heterocycles. The van der Waals surface area contributed by atoms with Crippen LogP contribution in [0.1, 0.15) is 57.6 Å². The van der Waals surface area contributed by atoms with Gasteiger partial charge in [0, 0.05) is 5.69 Å². The van der Waals surface area contributed by atoms with E-state index >= 15 is 0 Å². The molecule has 4 nitrogen and oxygen atoms in total. The maximum absolute atomic E-state index is 14.2. The van der Waals surface area contributed by atoms with E-state index in [1.165, 1.54) is 6.42 Å². The van der Waals surface area contributed by atoms with E-state index in [2.05, 4.69) is 27.4 Å². The zero-order chi connectivity index (χ0) is 24.7. The monoisotopic (exact) mass is 469 g/mol. The molecule has 5 rings (SSSR count). The van der Waals surface area contributed by atoms with Gasteiger partial charge in [-0.15, -0.1) is 0 Å². The number of carbonyl (C=O) groups is 2. The number of benzene rings is 2. The number of amides is 1. The van der Waals surface area contributed by atoms with Gasteiger partial charge in [-0.3, -0.25) is 4.79 Å². The Kier molecular flexibility index (Phi) is 6.16. The molecule has 1 saturated carbocycles. The Morgan fingerprint density at radius 3 is 2.57 bits per heavy atom. The molecule has 35 heavy (non-hydrogen) atoms. The lowest BCUT2D eigenvalue weighted by atomic mass is 9.74. The number of rotatable bonds is 5. The van der Waals surface area contributed by atoms with Crippen LogP contribution in [0.3, 0.4) is 0 Å². The van der Waals surface area contributed by atoms with Crippen LogP contribution in [-0.4, -0.2) is 18.0 Å². The molecule has 2 aliphatic carbocycles. The molecule has 1 fully saturated rings. The molecule has 0 bridgehead atoms. The van der Waals surface area contributed by atoms with Crippen LogP contribution in [0.4, 0.5) is 5.69 Å². The van der Waals surface area contributed by atoms with Crippen molar-refractivity contribution in [2.45, 2.75) is 64.5 Å². The number of carbonyl (C=O) groups excluding carboxylic acids is 2. The minimum absolute atomic E-state index is 0.0678. The summed E-state index contributed by atoms with van der Waals surface area (Å²) in [6.07, 6.45) is 5.21. The first-order chi connectivity index (χ1) is 16.8. The molecule has 0 N–H and O–H groups in total. The molecular formula is C31H35NO3. The second-order valence-electron chi connectivity index (χ2n) is 11.0. The number of hydrogen-bond acceptors (Lipinski definition) is 3. The molecule has 1 heterocycles. The van der Waals surface area contributed by atoms with E-state index in [4.69, 9.17) is 4.74 Å². The van der Waals surface area contributed by atoms with Gasteiger partial charge in [0.05, 0.1) is 12.1 Å². The van der Waals surface area contributed by atoms with E-state index in [9.17, 15) is 9.59 Å². The Morgan fingerprint density at radius 1 is 1.11 bits per heavy atom. The van der Waals surface area contributed by atoms with Gasteiger partial charge in [-0.25, -0.2) is 4.79 Å². The zero-order valence-corrected chi connectivity index (χ0v) is 21.0. The van der Waals surface area contributed by atoms with Crippen LogP contribution in [0.5, 0.6) is 0 Å². The van der Waals surface area contributed by atoms with E-state index < -0.39 is 5.41 Å². The van der Waals surface area contributed by atoms with E-state index in [0.29, 0.717) is 36.3 Å². The summed E-state index contributed by atoms with van der Waals surface area (Å²) in [7, 11) is 0. The summed E-state index contributed by atoms with van der Waals surface area (Å²) in [5.41, 5.74) is 2.96. The van der Waals surface area contributed by atoms with Crippen LogP contribution >= 0.6 is 0 Å². The van der Waals surface area contributed by atoms with Crippen LogP contribution < -0.4 is 4.90 Å². The topological polar surface area (TPSA) is 46.6 Å². The lowest BCUT2D eigenvalue weighted by molar-refractivity contribution is -0.152. The van der Waals surface area contributed by atoms with E-state index in [1.807, 2.05) is 59.5 Å².